The molecule has 1 saturated carbocycles. The number of amides is 2. The van der Waals surface area contributed by atoms with Gasteiger partial charge >= 0.3 is 0 Å². The summed E-state index contributed by atoms with van der Waals surface area (Å²) in [5, 5.41) is 3.06. The molecule has 3 rings (SSSR count). The second-order valence-electron chi connectivity index (χ2n) is 7.75. The fourth-order valence-electron chi connectivity index (χ4n) is 4.12. The van der Waals surface area contributed by atoms with Crippen molar-refractivity contribution in [3.63, 3.8) is 0 Å². The normalized spacial score (nSPS) is 21.2. The molecule has 0 spiro atoms. The van der Waals surface area contributed by atoms with E-state index in [0.717, 1.165) is 24.8 Å². The van der Waals surface area contributed by atoms with Crippen molar-refractivity contribution in [1.82, 2.24) is 5.32 Å². The Morgan fingerprint density at radius 3 is 2.16 bits per heavy atom. The number of ether oxygens (including phenoxy) is 1. The molecule has 1 aliphatic heterocycles. The van der Waals surface area contributed by atoms with Crippen LogP contribution in [0.25, 0.3) is 0 Å². The zero-order valence-electron chi connectivity index (χ0n) is 15.2. The highest BCUT2D eigenvalue weighted by Gasteiger charge is 2.47. The molecular formula is C20H28N2O3. The smallest absolute Gasteiger partial charge is 0.230 e. The van der Waals surface area contributed by atoms with Crippen LogP contribution in [0.2, 0.25) is 0 Å². The lowest BCUT2D eigenvalue weighted by molar-refractivity contribution is -0.136. The van der Waals surface area contributed by atoms with Gasteiger partial charge in [-0.25, -0.2) is 0 Å². The van der Waals surface area contributed by atoms with Gasteiger partial charge in [0.05, 0.1) is 10.8 Å². The van der Waals surface area contributed by atoms with E-state index < -0.39 is 10.8 Å². The number of nitrogens with one attached hydrogen (secondary N) is 1. The molecule has 1 aromatic rings. The van der Waals surface area contributed by atoms with E-state index in [1.807, 2.05) is 0 Å². The van der Waals surface area contributed by atoms with Crippen LogP contribution < -0.4 is 11.1 Å². The molecule has 0 unspecified atom stereocenters. The fraction of sp³-hybridized carbons (Fsp3) is 0.600. The van der Waals surface area contributed by atoms with Crippen molar-refractivity contribution in [1.29, 1.82) is 0 Å². The summed E-state index contributed by atoms with van der Waals surface area (Å²) in [6, 6.07) is 6.35. The highest BCUT2D eigenvalue weighted by Crippen LogP contribution is 2.44. The molecule has 0 atom stereocenters. The average molecular weight is 344 g/mol. The Balaban J connectivity index is 1.77. The van der Waals surface area contributed by atoms with Crippen LogP contribution >= 0.6 is 0 Å². The van der Waals surface area contributed by atoms with E-state index in [1.165, 1.54) is 11.1 Å². The van der Waals surface area contributed by atoms with Crippen molar-refractivity contribution in [2.75, 3.05) is 19.8 Å². The molecule has 2 fully saturated rings. The largest absolute Gasteiger partial charge is 0.381 e. The molecule has 136 valence electrons. The van der Waals surface area contributed by atoms with Crippen LogP contribution in [0.3, 0.4) is 0 Å². The summed E-state index contributed by atoms with van der Waals surface area (Å²) in [5.41, 5.74) is 7.95. The topological polar surface area (TPSA) is 81.4 Å². The molecular weight excluding hydrogens is 316 g/mol. The standard InChI is InChI=1S/C20H28N2O3/c1-14-10-15(2)12-16(11-14)20(4-3-5-20)18(24)22-13-19(17(21)23)6-8-25-9-7-19/h10-12H,3-9,13H2,1-2H3,(H2,21,23)(H,22,24). The third-order valence-electron chi connectivity index (χ3n) is 5.98. The quantitative estimate of drug-likeness (QED) is 0.858. The van der Waals surface area contributed by atoms with Gasteiger partial charge in [-0.15, -0.1) is 0 Å². The Labute approximate surface area is 149 Å². The van der Waals surface area contributed by atoms with E-state index in [0.29, 0.717) is 32.6 Å². The predicted molar refractivity (Wildman–Crippen MR) is 96.1 cm³/mol. The Morgan fingerprint density at radius 2 is 1.68 bits per heavy atom. The van der Waals surface area contributed by atoms with Crippen LogP contribution in [-0.2, 0) is 19.7 Å². The van der Waals surface area contributed by atoms with Crippen molar-refractivity contribution in [3.05, 3.63) is 34.9 Å². The summed E-state index contributed by atoms with van der Waals surface area (Å²) in [4.78, 5) is 25.1. The maximum absolute atomic E-state index is 13.1. The first-order chi connectivity index (χ1) is 11.9. The van der Waals surface area contributed by atoms with Crippen molar-refractivity contribution < 1.29 is 14.3 Å². The lowest BCUT2D eigenvalue weighted by Crippen LogP contribution is -2.55. The first kappa shape index (κ1) is 17.9. The zero-order valence-corrected chi connectivity index (χ0v) is 15.2. The summed E-state index contributed by atoms with van der Waals surface area (Å²) < 4.78 is 5.36. The zero-order chi connectivity index (χ0) is 18.1. The summed E-state index contributed by atoms with van der Waals surface area (Å²) >= 11 is 0. The number of aryl methyl sites for hydroxylation is 2. The monoisotopic (exact) mass is 344 g/mol. The first-order valence-electron chi connectivity index (χ1n) is 9.13. The minimum atomic E-state index is -0.679. The minimum absolute atomic E-state index is 0.0240. The van der Waals surface area contributed by atoms with Gasteiger partial charge in [-0.1, -0.05) is 35.7 Å². The van der Waals surface area contributed by atoms with Gasteiger partial charge in [0.2, 0.25) is 11.8 Å². The summed E-state index contributed by atoms with van der Waals surface area (Å²) in [5.74, 6) is -0.318. The van der Waals surface area contributed by atoms with Crippen LogP contribution in [-0.4, -0.2) is 31.6 Å². The Bertz CT molecular complexity index is 653. The van der Waals surface area contributed by atoms with Gasteiger partial charge in [-0.3, -0.25) is 9.59 Å². The summed E-state index contributed by atoms with van der Waals surface area (Å²) in [6.45, 7) is 5.45. The fourth-order valence-corrected chi connectivity index (χ4v) is 4.12. The molecule has 1 aromatic carbocycles. The molecule has 1 aliphatic carbocycles. The van der Waals surface area contributed by atoms with E-state index >= 15 is 0 Å². The highest BCUT2D eigenvalue weighted by atomic mass is 16.5. The number of carbonyl (C=O) groups is 2. The SMILES string of the molecule is Cc1cc(C)cc(C2(C(=O)NCC3(C(N)=O)CCOCC3)CCC2)c1. The van der Waals surface area contributed by atoms with Gasteiger partial charge in [0.25, 0.3) is 0 Å². The number of primary amides is 1. The molecule has 1 heterocycles. The third-order valence-corrected chi connectivity index (χ3v) is 5.98. The molecule has 3 N–H and O–H groups in total. The molecule has 0 radical (unpaired) electrons. The molecule has 5 heteroatoms. The van der Waals surface area contributed by atoms with Crippen molar-refractivity contribution >= 4 is 11.8 Å². The van der Waals surface area contributed by atoms with Gasteiger partial charge < -0.3 is 15.8 Å². The van der Waals surface area contributed by atoms with Gasteiger partial charge in [-0.05, 0) is 45.1 Å². The first-order valence-corrected chi connectivity index (χ1v) is 9.13. The van der Waals surface area contributed by atoms with Crippen LogP contribution in [0.1, 0.15) is 48.8 Å². The maximum atomic E-state index is 13.1. The summed E-state index contributed by atoms with van der Waals surface area (Å²) in [7, 11) is 0. The van der Waals surface area contributed by atoms with Gasteiger partial charge in [-0.2, -0.15) is 0 Å². The molecule has 0 aromatic heterocycles. The van der Waals surface area contributed by atoms with E-state index in [9.17, 15) is 9.59 Å². The number of hydrogen-bond donors (Lipinski definition) is 2. The molecule has 0 bridgehead atoms. The van der Waals surface area contributed by atoms with Crippen molar-refractivity contribution in [3.8, 4) is 0 Å². The second-order valence-corrected chi connectivity index (χ2v) is 7.75. The number of rotatable bonds is 5. The predicted octanol–water partition coefficient (Wildman–Crippen LogP) is 2.12. The number of nitrogens with two attached hydrogens (primary N) is 1. The molecule has 2 aliphatic rings. The van der Waals surface area contributed by atoms with Crippen LogP contribution in [0.4, 0.5) is 0 Å². The van der Waals surface area contributed by atoms with Gasteiger partial charge in [0.15, 0.2) is 0 Å². The number of hydrogen-bond acceptors (Lipinski definition) is 3. The molecule has 5 nitrogen and oxygen atoms in total. The maximum Gasteiger partial charge on any atom is 0.230 e. The van der Waals surface area contributed by atoms with Crippen molar-refractivity contribution in [2.24, 2.45) is 11.1 Å². The third kappa shape index (κ3) is 3.30. The Morgan fingerprint density at radius 1 is 1.08 bits per heavy atom. The van der Waals surface area contributed by atoms with Crippen molar-refractivity contribution in [2.45, 2.75) is 51.4 Å². The summed E-state index contributed by atoms with van der Waals surface area (Å²) in [6.07, 6.45) is 3.90. The van der Waals surface area contributed by atoms with Crippen LogP contribution in [0.5, 0.6) is 0 Å². The average Bonchev–Trinajstić information content (AvgIpc) is 2.52. The van der Waals surface area contributed by atoms with Crippen LogP contribution in [0.15, 0.2) is 18.2 Å². The van der Waals surface area contributed by atoms with Gasteiger partial charge in [0.1, 0.15) is 0 Å². The lowest BCUT2D eigenvalue weighted by atomic mass is 9.63. The van der Waals surface area contributed by atoms with Crippen LogP contribution in [0, 0.1) is 19.3 Å². The minimum Gasteiger partial charge on any atom is -0.381 e. The number of benzene rings is 1. The van der Waals surface area contributed by atoms with E-state index in [-0.39, 0.29) is 11.8 Å². The number of carbonyl (C=O) groups excluding carboxylic acids is 2. The van der Waals surface area contributed by atoms with E-state index in [2.05, 4.69) is 37.4 Å². The highest BCUT2D eigenvalue weighted by molar-refractivity contribution is 5.90. The molecule has 25 heavy (non-hydrogen) atoms. The lowest BCUT2D eigenvalue weighted by Gasteiger charge is -2.42. The van der Waals surface area contributed by atoms with E-state index in [4.69, 9.17) is 10.5 Å². The van der Waals surface area contributed by atoms with Gasteiger partial charge in [0, 0.05) is 19.8 Å². The Hall–Kier alpha value is -1.88. The van der Waals surface area contributed by atoms with E-state index in [1.54, 1.807) is 0 Å². The Kier molecular flexibility index (Phi) is 4.87. The molecule has 1 saturated heterocycles. The second kappa shape index (κ2) is 6.79. The molecule has 2 amide bonds.